The molecule has 1 atom stereocenters. The summed E-state index contributed by atoms with van der Waals surface area (Å²) in [6, 6.07) is -0.753. The molecule has 2 aliphatic rings. The van der Waals surface area contributed by atoms with E-state index in [1.807, 2.05) is 18.4 Å². The van der Waals surface area contributed by atoms with E-state index >= 15 is 0 Å². The van der Waals surface area contributed by atoms with Gasteiger partial charge in [-0.1, -0.05) is 38.5 Å². The quantitative estimate of drug-likeness (QED) is 0.535. The van der Waals surface area contributed by atoms with Crippen LogP contribution in [0.25, 0.3) is 10.2 Å². The minimum absolute atomic E-state index is 0.0339. The lowest BCUT2D eigenvalue weighted by atomic mass is 9.97. The van der Waals surface area contributed by atoms with Gasteiger partial charge in [-0.3, -0.25) is 19.5 Å². The van der Waals surface area contributed by atoms with Crippen LogP contribution in [0.3, 0.4) is 0 Å². The van der Waals surface area contributed by atoms with Crippen LogP contribution in [0, 0.1) is 5.92 Å². The molecule has 0 radical (unpaired) electrons. The molecule has 0 aromatic carbocycles. The zero-order valence-corrected chi connectivity index (χ0v) is 19.0. The Morgan fingerprint density at radius 1 is 1.20 bits per heavy atom. The molecule has 2 heterocycles. The molecule has 1 unspecified atom stereocenters. The Morgan fingerprint density at radius 3 is 2.57 bits per heavy atom. The number of nitrogens with one attached hydrogen (secondary N) is 1. The zero-order chi connectivity index (χ0) is 21.4. The number of amides is 3. The zero-order valence-electron chi connectivity index (χ0n) is 17.4. The average molecular weight is 449 g/mol. The summed E-state index contributed by atoms with van der Waals surface area (Å²) < 4.78 is 1.84. The molecule has 4 rings (SSSR count). The number of primary amides is 1. The van der Waals surface area contributed by atoms with Crippen LogP contribution < -0.4 is 16.6 Å². The lowest BCUT2D eigenvalue weighted by Gasteiger charge is -2.23. The second-order valence-electron chi connectivity index (χ2n) is 8.53. The number of hydrogen-bond donors (Lipinski definition) is 2. The minimum Gasteiger partial charge on any atom is -0.351 e. The average Bonchev–Trinajstić information content (AvgIpc) is 3.32. The lowest BCUT2D eigenvalue weighted by molar-refractivity contribution is -0.120. The molecule has 1 saturated carbocycles. The second kappa shape index (κ2) is 8.70. The number of thiophene rings is 1. The highest BCUT2D eigenvalue weighted by atomic mass is 32.2. The number of fused-ring (bicyclic) bond motifs is 3. The maximum Gasteiger partial charge on any atom is 0.318 e. The third kappa shape index (κ3) is 4.01. The normalized spacial score (nSPS) is 18.0. The first-order chi connectivity index (χ1) is 14.4. The van der Waals surface area contributed by atoms with Crippen LogP contribution in [0.5, 0.6) is 0 Å². The Bertz CT molecular complexity index is 1040. The summed E-state index contributed by atoms with van der Waals surface area (Å²) in [5.74, 6) is -0.504. The summed E-state index contributed by atoms with van der Waals surface area (Å²) in [6.45, 7) is 3.83. The molecule has 30 heavy (non-hydrogen) atoms. The van der Waals surface area contributed by atoms with E-state index in [1.165, 1.54) is 22.2 Å². The molecule has 2 aliphatic carbocycles. The molecule has 2 aromatic rings. The monoisotopic (exact) mass is 448 g/mol. The van der Waals surface area contributed by atoms with Crippen molar-refractivity contribution >= 4 is 45.3 Å². The highest BCUT2D eigenvalue weighted by Gasteiger charge is 2.31. The Morgan fingerprint density at radius 2 is 1.90 bits per heavy atom. The van der Waals surface area contributed by atoms with Crippen molar-refractivity contribution in [2.75, 3.05) is 0 Å². The number of aryl methyl sites for hydroxylation is 2. The predicted molar refractivity (Wildman–Crippen MR) is 120 cm³/mol. The molecule has 0 aliphatic heterocycles. The first-order valence-corrected chi connectivity index (χ1v) is 12.4. The number of hydrogen-bond acceptors (Lipinski definition) is 6. The van der Waals surface area contributed by atoms with Gasteiger partial charge in [0.15, 0.2) is 5.16 Å². The summed E-state index contributed by atoms with van der Waals surface area (Å²) in [5, 5.41) is 2.99. The molecule has 162 valence electrons. The van der Waals surface area contributed by atoms with Gasteiger partial charge in [0.2, 0.25) is 5.91 Å². The van der Waals surface area contributed by atoms with Crippen LogP contribution in [0.2, 0.25) is 0 Å². The Balaban J connectivity index is 1.83. The molecule has 0 bridgehead atoms. The van der Waals surface area contributed by atoms with Gasteiger partial charge in [0.25, 0.3) is 5.56 Å². The molecule has 7 nitrogen and oxygen atoms in total. The third-order valence-corrected chi connectivity index (χ3v) is 8.72. The van der Waals surface area contributed by atoms with Crippen LogP contribution in [-0.2, 0) is 17.6 Å². The van der Waals surface area contributed by atoms with E-state index in [2.05, 4.69) is 5.32 Å². The van der Waals surface area contributed by atoms with Crippen molar-refractivity contribution in [2.45, 2.75) is 81.7 Å². The highest BCUT2D eigenvalue weighted by molar-refractivity contribution is 8.00. The molecule has 1 fully saturated rings. The van der Waals surface area contributed by atoms with Gasteiger partial charge in [-0.25, -0.2) is 9.78 Å². The summed E-state index contributed by atoms with van der Waals surface area (Å²) in [7, 11) is 0. The number of rotatable bonds is 5. The van der Waals surface area contributed by atoms with Crippen molar-refractivity contribution in [3.8, 4) is 0 Å². The van der Waals surface area contributed by atoms with Crippen molar-refractivity contribution in [1.82, 2.24) is 14.9 Å². The van der Waals surface area contributed by atoms with Gasteiger partial charge in [-0.2, -0.15) is 0 Å². The molecule has 3 N–H and O–H groups in total. The SMILES string of the molecule is CC(C)C(Sc1nc2sc3c(c2c(=O)n1C1CCCC1)CCCC3)C(=O)NC(N)=O. The van der Waals surface area contributed by atoms with Crippen molar-refractivity contribution in [3.63, 3.8) is 0 Å². The van der Waals surface area contributed by atoms with Gasteiger partial charge in [-0.15, -0.1) is 11.3 Å². The standard InChI is InChI=1S/C21H28N4O3S2/c1-11(2)16(17(26)23-20(22)28)30-21-24-18-15(13-9-5-6-10-14(13)29-18)19(27)25(21)12-7-3-4-8-12/h11-12,16H,3-10H2,1-2H3,(H3,22,23,26,28). The number of thioether (sulfide) groups is 1. The van der Waals surface area contributed by atoms with Gasteiger partial charge in [0, 0.05) is 10.9 Å². The number of aromatic nitrogens is 2. The second-order valence-corrected chi connectivity index (χ2v) is 10.7. The van der Waals surface area contributed by atoms with E-state index in [1.54, 1.807) is 11.3 Å². The van der Waals surface area contributed by atoms with E-state index in [-0.39, 0.29) is 17.5 Å². The van der Waals surface area contributed by atoms with E-state index in [9.17, 15) is 14.4 Å². The number of carbonyl (C=O) groups is 2. The van der Waals surface area contributed by atoms with E-state index < -0.39 is 17.2 Å². The molecule has 3 amide bonds. The fourth-order valence-corrected chi connectivity index (χ4v) is 7.03. The third-order valence-electron chi connectivity index (χ3n) is 6.02. The number of nitrogens with two attached hydrogens (primary N) is 1. The van der Waals surface area contributed by atoms with Gasteiger partial charge < -0.3 is 5.73 Å². The molecular weight excluding hydrogens is 420 g/mol. The van der Waals surface area contributed by atoms with Crippen molar-refractivity contribution < 1.29 is 9.59 Å². The molecule has 0 spiro atoms. The number of carbonyl (C=O) groups excluding carboxylic acids is 2. The van der Waals surface area contributed by atoms with Crippen LogP contribution in [0.1, 0.15) is 68.9 Å². The lowest BCUT2D eigenvalue weighted by Crippen LogP contribution is -2.42. The van der Waals surface area contributed by atoms with Crippen molar-refractivity contribution in [2.24, 2.45) is 11.7 Å². The van der Waals surface area contributed by atoms with Crippen LogP contribution >= 0.6 is 23.1 Å². The first-order valence-electron chi connectivity index (χ1n) is 10.7. The Labute approximate surface area is 183 Å². The van der Waals surface area contributed by atoms with Crippen LogP contribution in [0.15, 0.2) is 9.95 Å². The van der Waals surface area contributed by atoms with Gasteiger partial charge in [0.05, 0.1) is 10.6 Å². The van der Waals surface area contributed by atoms with E-state index in [4.69, 9.17) is 10.7 Å². The molecule has 2 aromatic heterocycles. The van der Waals surface area contributed by atoms with Gasteiger partial charge >= 0.3 is 6.03 Å². The number of imide groups is 1. The summed E-state index contributed by atoms with van der Waals surface area (Å²) in [5.41, 5.74) is 6.38. The fraction of sp³-hybridized carbons (Fsp3) is 0.619. The first kappa shape index (κ1) is 21.4. The maximum absolute atomic E-state index is 13.7. The van der Waals surface area contributed by atoms with Crippen LogP contribution in [-0.4, -0.2) is 26.7 Å². The summed E-state index contributed by atoms with van der Waals surface area (Å²) in [6.07, 6.45) is 8.31. The number of urea groups is 1. The molecule has 9 heteroatoms. The predicted octanol–water partition coefficient (Wildman–Crippen LogP) is 3.76. The summed E-state index contributed by atoms with van der Waals surface area (Å²) in [4.78, 5) is 44.5. The minimum atomic E-state index is -0.867. The van der Waals surface area contributed by atoms with Gasteiger partial charge in [0.1, 0.15) is 4.83 Å². The summed E-state index contributed by atoms with van der Waals surface area (Å²) >= 11 is 2.90. The number of nitrogens with zero attached hydrogens (tertiary/aromatic N) is 2. The molecular formula is C21H28N4O3S2. The van der Waals surface area contributed by atoms with Crippen molar-refractivity contribution in [3.05, 3.63) is 20.8 Å². The maximum atomic E-state index is 13.7. The Kier molecular flexibility index (Phi) is 6.20. The molecule has 0 saturated heterocycles. The largest absolute Gasteiger partial charge is 0.351 e. The highest BCUT2D eigenvalue weighted by Crippen LogP contribution is 2.38. The van der Waals surface area contributed by atoms with Crippen molar-refractivity contribution in [1.29, 1.82) is 0 Å². The topological polar surface area (TPSA) is 107 Å². The fourth-order valence-electron chi connectivity index (χ4n) is 4.56. The van der Waals surface area contributed by atoms with E-state index in [0.29, 0.717) is 5.16 Å². The van der Waals surface area contributed by atoms with Crippen LogP contribution in [0.4, 0.5) is 4.79 Å². The Hall–Kier alpha value is -1.87. The van der Waals surface area contributed by atoms with Gasteiger partial charge in [-0.05, 0) is 50.0 Å². The smallest absolute Gasteiger partial charge is 0.318 e. The van der Waals surface area contributed by atoms with E-state index in [0.717, 1.165) is 61.6 Å².